The zero-order valence-electron chi connectivity index (χ0n) is 23.3. The Kier molecular flexibility index (Phi) is 9.40. The zero-order valence-corrected chi connectivity index (χ0v) is 24.2. The van der Waals surface area contributed by atoms with Gasteiger partial charge in [0.05, 0.1) is 17.7 Å². The molecule has 0 spiro atoms. The molecule has 0 aliphatic rings. The second-order valence-electron chi connectivity index (χ2n) is 10.4. The summed E-state index contributed by atoms with van der Waals surface area (Å²) in [5, 5.41) is 2.92. The van der Waals surface area contributed by atoms with Crippen LogP contribution in [0.5, 0.6) is 5.75 Å². The largest absolute Gasteiger partial charge is 0.497 e. The number of nitrogens with zero attached hydrogens (tertiary/aromatic N) is 2. The summed E-state index contributed by atoms with van der Waals surface area (Å²) in [4.78, 5) is 28.6. The minimum Gasteiger partial charge on any atom is -0.497 e. The Balaban J connectivity index is 2.04. The van der Waals surface area contributed by atoms with E-state index in [9.17, 15) is 18.0 Å². The van der Waals surface area contributed by atoms with Crippen molar-refractivity contribution in [3.05, 3.63) is 90.0 Å². The van der Waals surface area contributed by atoms with Gasteiger partial charge in [-0.25, -0.2) is 8.42 Å². The van der Waals surface area contributed by atoms with Crippen LogP contribution in [0, 0.1) is 6.92 Å². The number of carbonyl (C=O) groups excluding carboxylic acids is 2. The van der Waals surface area contributed by atoms with E-state index in [2.05, 4.69) is 5.32 Å². The molecule has 3 rings (SSSR count). The molecule has 0 aromatic heterocycles. The van der Waals surface area contributed by atoms with E-state index in [1.54, 1.807) is 49.4 Å². The first-order valence-electron chi connectivity index (χ1n) is 12.7. The summed E-state index contributed by atoms with van der Waals surface area (Å²) in [6.45, 7) is 8.82. The molecule has 0 saturated carbocycles. The highest BCUT2D eigenvalue weighted by molar-refractivity contribution is 7.92. The van der Waals surface area contributed by atoms with E-state index in [1.807, 2.05) is 52.0 Å². The van der Waals surface area contributed by atoms with Crippen molar-refractivity contribution < 1.29 is 22.7 Å². The maximum atomic E-state index is 14.0. The molecule has 39 heavy (non-hydrogen) atoms. The third-order valence-electron chi connectivity index (χ3n) is 6.09. The van der Waals surface area contributed by atoms with Crippen molar-refractivity contribution in [2.24, 2.45) is 0 Å². The van der Waals surface area contributed by atoms with Crippen LogP contribution < -0.4 is 14.4 Å². The van der Waals surface area contributed by atoms with Crippen molar-refractivity contribution in [3.8, 4) is 5.75 Å². The molecular formula is C30H37N3O5S. The van der Waals surface area contributed by atoms with Gasteiger partial charge in [0.15, 0.2) is 0 Å². The highest BCUT2D eigenvalue weighted by atomic mass is 32.2. The number of hydrogen-bond donors (Lipinski definition) is 1. The molecule has 0 heterocycles. The number of benzene rings is 3. The van der Waals surface area contributed by atoms with Crippen LogP contribution in [0.15, 0.2) is 83.8 Å². The van der Waals surface area contributed by atoms with E-state index in [0.29, 0.717) is 5.75 Å². The fraction of sp³-hybridized carbons (Fsp3) is 0.333. The van der Waals surface area contributed by atoms with E-state index in [1.165, 1.54) is 24.1 Å². The number of nitrogens with one attached hydrogen (secondary N) is 1. The summed E-state index contributed by atoms with van der Waals surface area (Å²) in [6, 6.07) is 21.3. The van der Waals surface area contributed by atoms with Gasteiger partial charge in [-0.2, -0.15) is 0 Å². The number of rotatable bonds is 10. The van der Waals surface area contributed by atoms with Crippen molar-refractivity contribution >= 4 is 27.5 Å². The zero-order chi connectivity index (χ0) is 28.8. The van der Waals surface area contributed by atoms with E-state index < -0.39 is 34.1 Å². The summed E-state index contributed by atoms with van der Waals surface area (Å²) < 4.78 is 34.0. The van der Waals surface area contributed by atoms with Gasteiger partial charge < -0.3 is 15.0 Å². The third kappa shape index (κ3) is 7.83. The first kappa shape index (κ1) is 29.7. The molecule has 9 heteroatoms. The van der Waals surface area contributed by atoms with E-state index in [-0.39, 0.29) is 23.0 Å². The van der Waals surface area contributed by atoms with Crippen LogP contribution in [0.4, 0.5) is 5.69 Å². The summed E-state index contributed by atoms with van der Waals surface area (Å²) in [5.41, 5.74) is 1.65. The number of ether oxygens (including phenoxy) is 1. The number of sulfonamides is 1. The molecule has 1 atom stereocenters. The molecule has 0 aliphatic carbocycles. The lowest BCUT2D eigenvalue weighted by molar-refractivity contribution is -0.140. The maximum Gasteiger partial charge on any atom is 0.264 e. The molecule has 0 bridgehead atoms. The molecule has 0 saturated heterocycles. The number of anilines is 1. The van der Waals surface area contributed by atoms with E-state index in [0.717, 1.165) is 15.4 Å². The average Bonchev–Trinajstić information content (AvgIpc) is 2.90. The van der Waals surface area contributed by atoms with Gasteiger partial charge in [-0.1, -0.05) is 54.1 Å². The van der Waals surface area contributed by atoms with Crippen molar-refractivity contribution in [1.29, 1.82) is 0 Å². The van der Waals surface area contributed by atoms with Gasteiger partial charge >= 0.3 is 0 Å². The van der Waals surface area contributed by atoms with Gasteiger partial charge in [0, 0.05) is 18.2 Å². The number of aryl methyl sites for hydroxylation is 1. The molecule has 0 radical (unpaired) electrons. The van der Waals surface area contributed by atoms with Crippen molar-refractivity contribution in [3.63, 3.8) is 0 Å². The number of amides is 2. The van der Waals surface area contributed by atoms with Crippen LogP contribution in [0.3, 0.4) is 0 Å². The second kappa shape index (κ2) is 12.3. The summed E-state index contributed by atoms with van der Waals surface area (Å²) in [6.07, 6.45) is 0. The van der Waals surface area contributed by atoms with Crippen LogP contribution in [-0.2, 0) is 26.2 Å². The first-order valence-corrected chi connectivity index (χ1v) is 14.1. The number of hydrogen-bond acceptors (Lipinski definition) is 5. The molecule has 8 nitrogen and oxygen atoms in total. The normalized spacial score (nSPS) is 12.4. The lowest BCUT2D eigenvalue weighted by Gasteiger charge is -2.33. The summed E-state index contributed by atoms with van der Waals surface area (Å²) >= 11 is 0. The van der Waals surface area contributed by atoms with Crippen molar-refractivity contribution in [1.82, 2.24) is 10.2 Å². The molecule has 2 amide bonds. The summed E-state index contributed by atoms with van der Waals surface area (Å²) in [7, 11) is -2.65. The smallest absolute Gasteiger partial charge is 0.264 e. The predicted molar refractivity (Wildman–Crippen MR) is 153 cm³/mol. The minimum absolute atomic E-state index is 0.0456. The van der Waals surface area contributed by atoms with Crippen LogP contribution >= 0.6 is 0 Å². The van der Waals surface area contributed by atoms with Crippen LogP contribution in [-0.4, -0.2) is 50.4 Å². The topological polar surface area (TPSA) is 96.0 Å². The highest BCUT2D eigenvalue weighted by Gasteiger charge is 2.33. The Morgan fingerprint density at radius 2 is 1.59 bits per heavy atom. The van der Waals surface area contributed by atoms with Crippen LogP contribution in [0.2, 0.25) is 0 Å². The molecule has 0 fully saturated rings. The Hall–Kier alpha value is -3.85. The molecule has 1 N–H and O–H groups in total. The molecule has 3 aromatic rings. The second-order valence-corrected chi connectivity index (χ2v) is 12.3. The molecule has 0 unspecified atom stereocenters. The summed E-state index contributed by atoms with van der Waals surface area (Å²) in [5.74, 6) is -0.404. The maximum absolute atomic E-state index is 14.0. The quantitative estimate of drug-likeness (QED) is 0.399. The first-order chi connectivity index (χ1) is 18.3. The SMILES string of the molecule is COc1cccc(N(CC(=O)N(Cc2ccc(C)cc2)[C@@H](C)C(=O)NC(C)(C)C)S(=O)(=O)c2ccccc2)c1. The van der Waals surface area contributed by atoms with E-state index >= 15 is 0 Å². The van der Waals surface area contributed by atoms with Crippen LogP contribution in [0.25, 0.3) is 0 Å². The highest BCUT2D eigenvalue weighted by Crippen LogP contribution is 2.27. The monoisotopic (exact) mass is 551 g/mol. The standard InChI is InChI=1S/C30H37N3O5S/c1-22-15-17-24(18-16-22)20-32(23(2)29(35)31-30(3,4)5)28(34)21-33(25-11-10-12-26(19-25)38-6)39(36,37)27-13-8-7-9-14-27/h7-19,23H,20-21H2,1-6H3,(H,31,35)/t23-/m0/s1. The van der Waals surface area contributed by atoms with Gasteiger partial charge in [0.25, 0.3) is 10.0 Å². The molecule has 208 valence electrons. The number of methoxy groups -OCH3 is 1. The lowest BCUT2D eigenvalue weighted by Crippen LogP contribution is -2.54. The van der Waals surface area contributed by atoms with Crippen molar-refractivity contribution in [2.75, 3.05) is 18.0 Å². The molecule has 0 aliphatic heterocycles. The minimum atomic E-state index is -4.13. The van der Waals surface area contributed by atoms with Crippen LogP contribution in [0.1, 0.15) is 38.8 Å². The Bertz CT molecular complexity index is 1380. The molecule has 3 aromatic carbocycles. The molecular weight excluding hydrogens is 514 g/mol. The van der Waals surface area contributed by atoms with Gasteiger partial charge in [-0.15, -0.1) is 0 Å². The lowest BCUT2D eigenvalue weighted by atomic mass is 10.1. The van der Waals surface area contributed by atoms with Crippen molar-refractivity contribution in [2.45, 2.75) is 57.6 Å². The van der Waals surface area contributed by atoms with Gasteiger partial charge in [-0.3, -0.25) is 13.9 Å². The predicted octanol–water partition coefficient (Wildman–Crippen LogP) is 4.53. The Labute approximate surface area is 231 Å². The number of carbonyl (C=O) groups is 2. The van der Waals surface area contributed by atoms with Gasteiger partial charge in [0.2, 0.25) is 11.8 Å². The third-order valence-corrected chi connectivity index (χ3v) is 7.88. The van der Waals surface area contributed by atoms with E-state index in [4.69, 9.17) is 4.74 Å². The fourth-order valence-corrected chi connectivity index (χ4v) is 5.39. The fourth-order valence-electron chi connectivity index (χ4n) is 3.96. The van der Waals surface area contributed by atoms with Gasteiger partial charge in [-0.05, 0) is 64.4 Å². The Morgan fingerprint density at radius 3 is 2.18 bits per heavy atom. The Morgan fingerprint density at radius 1 is 0.949 bits per heavy atom. The average molecular weight is 552 g/mol. The van der Waals surface area contributed by atoms with Gasteiger partial charge in [0.1, 0.15) is 18.3 Å².